The Bertz CT molecular complexity index is 943. The van der Waals surface area contributed by atoms with Crippen molar-refractivity contribution < 1.29 is 9.13 Å². The highest BCUT2D eigenvalue weighted by molar-refractivity contribution is 5.63. The Morgan fingerprint density at radius 3 is 2.43 bits per heavy atom. The Labute approximate surface area is 163 Å². The molecule has 1 N–H and O–H groups in total. The predicted molar refractivity (Wildman–Crippen MR) is 109 cm³/mol. The molecular weight excluding hydrogens is 357 g/mol. The van der Waals surface area contributed by atoms with Crippen LogP contribution < -0.4 is 19.9 Å². The first-order valence-corrected chi connectivity index (χ1v) is 9.22. The van der Waals surface area contributed by atoms with Gasteiger partial charge in [-0.2, -0.15) is 4.98 Å². The summed E-state index contributed by atoms with van der Waals surface area (Å²) < 4.78 is 19.4. The zero-order valence-corrected chi connectivity index (χ0v) is 15.7. The number of benzene rings is 2. The largest absolute Gasteiger partial charge is 0.495 e. The molecule has 0 aliphatic carbocycles. The van der Waals surface area contributed by atoms with Crippen molar-refractivity contribution in [1.82, 2.24) is 9.97 Å². The van der Waals surface area contributed by atoms with E-state index in [1.165, 1.54) is 6.07 Å². The number of hydrogen-bond donors (Lipinski definition) is 1. The van der Waals surface area contributed by atoms with Gasteiger partial charge in [0.2, 0.25) is 5.95 Å². The van der Waals surface area contributed by atoms with Gasteiger partial charge in [-0.1, -0.05) is 24.3 Å². The van der Waals surface area contributed by atoms with E-state index < -0.39 is 0 Å². The first kappa shape index (κ1) is 18.0. The van der Waals surface area contributed by atoms with Gasteiger partial charge in [0.25, 0.3) is 0 Å². The highest BCUT2D eigenvalue weighted by atomic mass is 19.1. The smallest absolute Gasteiger partial charge is 0.229 e. The summed E-state index contributed by atoms with van der Waals surface area (Å²) in [5.74, 6) is 1.91. The van der Waals surface area contributed by atoms with Gasteiger partial charge in [0.1, 0.15) is 17.4 Å². The number of aromatic nitrogens is 2. The number of nitrogens with zero attached hydrogens (tertiary/aromatic N) is 4. The molecule has 6 nitrogen and oxygen atoms in total. The molecule has 1 fully saturated rings. The molecule has 1 aliphatic heterocycles. The summed E-state index contributed by atoms with van der Waals surface area (Å²) in [4.78, 5) is 13.2. The van der Waals surface area contributed by atoms with Gasteiger partial charge < -0.3 is 19.9 Å². The molecule has 144 valence electrons. The van der Waals surface area contributed by atoms with Crippen LogP contribution in [0.25, 0.3) is 0 Å². The lowest BCUT2D eigenvalue weighted by Gasteiger charge is -2.36. The summed E-state index contributed by atoms with van der Waals surface area (Å²) in [5, 5.41) is 3.21. The molecule has 3 aromatic rings. The van der Waals surface area contributed by atoms with Gasteiger partial charge in [-0.15, -0.1) is 0 Å². The maximum Gasteiger partial charge on any atom is 0.229 e. The van der Waals surface area contributed by atoms with Crippen LogP contribution in [0.3, 0.4) is 0 Å². The van der Waals surface area contributed by atoms with Gasteiger partial charge in [0.05, 0.1) is 18.5 Å². The number of para-hydroxylation sites is 3. The predicted octanol–water partition coefficient (Wildman–Crippen LogP) is 3.69. The number of halogens is 1. The monoisotopic (exact) mass is 379 g/mol. The maximum atomic E-state index is 14.0. The van der Waals surface area contributed by atoms with Gasteiger partial charge >= 0.3 is 0 Å². The minimum atomic E-state index is -0.179. The number of nitrogens with one attached hydrogen (secondary N) is 1. The fourth-order valence-electron chi connectivity index (χ4n) is 3.34. The average molecular weight is 379 g/mol. The van der Waals surface area contributed by atoms with Gasteiger partial charge in [0, 0.05) is 32.4 Å². The van der Waals surface area contributed by atoms with Crippen LogP contribution in [0, 0.1) is 5.82 Å². The van der Waals surface area contributed by atoms with E-state index in [2.05, 4.69) is 25.1 Å². The molecule has 4 rings (SSSR count). The summed E-state index contributed by atoms with van der Waals surface area (Å²) in [5.41, 5.74) is 1.47. The summed E-state index contributed by atoms with van der Waals surface area (Å²) in [7, 11) is 1.63. The van der Waals surface area contributed by atoms with Crippen molar-refractivity contribution in [3.8, 4) is 5.75 Å². The van der Waals surface area contributed by atoms with Crippen LogP contribution in [0.4, 0.5) is 27.5 Å². The van der Waals surface area contributed by atoms with E-state index >= 15 is 0 Å². The zero-order chi connectivity index (χ0) is 19.3. The lowest BCUT2D eigenvalue weighted by atomic mass is 10.2. The van der Waals surface area contributed by atoms with Crippen LogP contribution in [0.2, 0.25) is 0 Å². The molecule has 0 amide bonds. The van der Waals surface area contributed by atoms with Crippen LogP contribution in [0.1, 0.15) is 0 Å². The molecule has 0 radical (unpaired) electrons. The first-order chi connectivity index (χ1) is 13.7. The second-order valence-corrected chi connectivity index (χ2v) is 6.49. The standard InChI is InChI=1S/C21H22FN5O/c1-28-19-9-5-3-7-17(19)24-21-23-11-10-20(25-21)27-14-12-26(13-15-27)18-8-4-2-6-16(18)22/h2-11H,12-15H2,1H3,(H,23,24,25). The average Bonchev–Trinajstić information content (AvgIpc) is 2.75. The molecule has 0 unspecified atom stereocenters. The molecule has 0 spiro atoms. The van der Waals surface area contributed by atoms with E-state index in [0.717, 1.165) is 43.4 Å². The second-order valence-electron chi connectivity index (χ2n) is 6.49. The molecule has 2 heterocycles. The van der Waals surface area contributed by atoms with Crippen LogP contribution in [-0.4, -0.2) is 43.3 Å². The van der Waals surface area contributed by atoms with Gasteiger partial charge in [0.15, 0.2) is 0 Å². The topological polar surface area (TPSA) is 53.5 Å². The number of piperazine rings is 1. The number of ether oxygens (including phenoxy) is 1. The van der Waals surface area contributed by atoms with Crippen molar-refractivity contribution in [2.75, 3.05) is 48.4 Å². The maximum absolute atomic E-state index is 14.0. The highest BCUT2D eigenvalue weighted by Gasteiger charge is 2.20. The summed E-state index contributed by atoms with van der Waals surface area (Å²) >= 11 is 0. The van der Waals surface area contributed by atoms with Crippen molar-refractivity contribution in [3.05, 3.63) is 66.6 Å². The van der Waals surface area contributed by atoms with Crippen LogP contribution >= 0.6 is 0 Å². The minimum absolute atomic E-state index is 0.179. The lowest BCUT2D eigenvalue weighted by Crippen LogP contribution is -2.47. The molecule has 0 saturated carbocycles. The Hall–Kier alpha value is -3.35. The van der Waals surface area contributed by atoms with Crippen molar-refractivity contribution in [2.24, 2.45) is 0 Å². The summed E-state index contributed by atoms with van der Waals surface area (Å²) in [6, 6.07) is 16.4. The first-order valence-electron chi connectivity index (χ1n) is 9.22. The number of hydrogen-bond acceptors (Lipinski definition) is 6. The molecule has 2 aromatic carbocycles. The van der Waals surface area contributed by atoms with E-state index in [4.69, 9.17) is 4.74 Å². The molecule has 1 saturated heterocycles. The highest BCUT2D eigenvalue weighted by Crippen LogP contribution is 2.27. The molecule has 28 heavy (non-hydrogen) atoms. The van der Waals surface area contributed by atoms with E-state index in [0.29, 0.717) is 11.6 Å². The second kappa shape index (κ2) is 8.12. The third kappa shape index (κ3) is 3.83. The summed E-state index contributed by atoms with van der Waals surface area (Å²) in [6.45, 7) is 3.00. The van der Waals surface area contributed by atoms with E-state index in [9.17, 15) is 4.39 Å². The number of rotatable bonds is 5. The van der Waals surface area contributed by atoms with Crippen molar-refractivity contribution in [2.45, 2.75) is 0 Å². The fourth-order valence-corrected chi connectivity index (χ4v) is 3.34. The van der Waals surface area contributed by atoms with Crippen molar-refractivity contribution >= 4 is 23.1 Å². The van der Waals surface area contributed by atoms with Gasteiger partial charge in [-0.05, 0) is 30.3 Å². The quantitative estimate of drug-likeness (QED) is 0.730. The van der Waals surface area contributed by atoms with Crippen molar-refractivity contribution in [3.63, 3.8) is 0 Å². The molecule has 1 aromatic heterocycles. The Morgan fingerprint density at radius 1 is 0.929 bits per heavy atom. The van der Waals surface area contributed by atoms with Crippen LogP contribution in [0.15, 0.2) is 60.8 Å². The summed E-state index contributed by atoms with van der Waals surface area (Å²) in [6.07, 6.45) is 1.74. The van der Waals surface area contributed by atoms with Crippen molar-refractivity contribution in [1.29, 1.82) is 0 Å². The van der Waals surface area contributed by atoms with E-state index in [-0.39, 0.29) is 5.82 Å². The Balaban J connectivity index is 1.45. The Morgan fingerprint density at radius 2 is 1.64 bits per heavy atom. The van der Waals surface area contributed by atoms with E-state index in [1.807, 2.05) is 42.5 Å². The van der Waals surface area contributed by atoms with Crippen LogP contribution in [-0.2, 0) is 0 Å². The molecule has 1 aliphatic rings. The normalized spacial score (nSPS) is 14.1. The minimum Gasteiger partial charge on any atom is -0.495 e. The third-order valence-corrected chi connectivity index (χ3v) is 4.79. The van der Waals surface area contributed by atoms with Gasteiger partial charge in [-0.3, -0.25) is 0 Å². The molecule has 0 atom stereocenters. The molecular formula is C21H22FN5O. The number of methoxy groups -OCH3 is 1. The Kier molecular flexibility index (Phi) is 5.23. The molecule has 0 bridgehead atoms. The SMILES string of the molecule is COc1ccccc1Nc1nccc(N2CCN(c3ccccc3F)CC2)n1. The zero-order valence-electron chi connectivity index (χ0n) is 15.7. The molecule has 7 heteroatoms. The lowest BCUT2D eigenvalue weighted by molar-refractivity contribution is 0.417. The van der Waals surface area contributed by atoms with E-state index in [1.54, 1.807) is 19.4 Å². The van der Waals surface area contributed by atoms with Crippen LogP contribution in [0.5, 0.6) is 5.75 Å². The van der Waals surface area contributed by atoms with Gasteiger partial charge in [-0.25, -0.2) is 9.37 Å². The third-order valence-electron chi connectivity index (χ3n) is 4.79. The fraction of sp³-hybridized carbons (Fsp3) is 0.238. The number of anilines is 4.